The van der Waals surface area contributed by atoms with Crippen LogP contribution in [0.3, 0.4) is 0 Å². The van der Waals surface area contributed by atoms with Gasteiger partial charge in [0.1, 0.15) is 10.7 Å². The molecule has 1 saturated heterocycles. The number of halogens is 1. The van der Waals surface area contributed by atoms with Crippen LogP contribution in [0.15, 0.2) is 29.2 Å². The third-order valence-electron chi connectivity index (χ3n) is 4.89. The fourth-order valence-corrected chi connectivity index (χ4v) is 5.28. The predicted octanol–water partition coefficient (Wildman–Crippen LogP) is 2.12. The number of hydrogen-bond donors (Lipinski definition) is 1. The van der Waals surface area contributed by atoms with Gasteiger partial charge in [-0.2, -0.15) is 5.10 Å². The summed E-state index contributed by atoms with van der Waals surface area (Å²) in [5.74, 6) is -0.225. The molecule has 1 N–H and O–H groups in total. The number of nitrogens with zero attached hydrogens (tertiary/aromatic N) is 3. The molecule has 3 rings (SSSR count). The van der Waals surface area contributed by atoms with Crippen LogP contribution in [0.25, 0.3) is 0 Å². The Balaban J connectivity index is 1.71. The molecule has 1 aromatic carbocycles. The third kappa shape index (κ3) is 3.97. The first-order valence-corrected chi connectivity index (χ1v) is 10.2. The van der Waals surface area contributed by atoms with E-state index in [9.17, 15) is 12.8 Å². The Bertz CT molecular complexity index is 895. The zero-order valence-corrected chi connectivity index (χ0v) is 16.2. The fraction of sp³-hybridized carbons (Fsp3) is 0.500. The van der Waals surface area contributed by atoms with E-state index in [-0.39, 0.29) is 16.8 Å². The van der Waals surface area contributed by atoms with Crippen LogP contribution in [0.4, 0.5) is 4.39 Å². The van der Waals surface area contributed by atoms with Crippen molar-refractivity contribution in [1.82, 2.24) is 19.4 Å². The molecule has 1 fully saturated rings. The lowest BCUT2D eigenvalue weighted by Gasteiger charge is -2.33. The van der Waals surface area contributed by atoms with Gasteiger partial charge in [-0.05, 0) is 39.3 Å². The van der Waals surface area contributed by atoms with Crippen molar-refractivity contribution in [3.8, 4) is 0 Å². The number of nitrogens with one attached hydrogen (secondary N) is 1. The summed E-state index contributed by atoms with van der Waals surface area (Å²) in [5, 5.41) is 4.20. The standard InChI is InChI=1S/C18H25FN4O2S/c1-13-18(14(2)22(3)20-13)26(24,25)21-16-8-6-10-23(12-16)11-15-7-4-5-9-17(15)19/h4-5,7,9,16,21H,6,8,10-12H2,1-3H3/t16-/m1/s1. The Morgan fingerprint density at radius 3 is 2.69 bits per heavy atom. The van der Waals surface area contributed by atoms with Crippen molar-refractivity contribution in [2.24, 2.45) is 7.05 Å². The average molecular weight is 380 g/mol. The van der Waals surface area contributed by atoms with Gasteiger partial charge in [0.15, 0.2) is 0 Å². The maximum Gasteiger partial charge on any atom is 0.244 e. The summed E-state index contributed by atoms with van der Waals surface area (Å²) in [6.45, 7) is 5.33. The molecule has 1 atom stereocenters. The van der Waals surface area contributed by atoms with Gasteiger partial charge in [-0.25, -0.2) is 17.5 Å². The molecule has 1 aliphatic rings. The van der Waals surface area contributed by atoms with Crippen LogP contribution < -0.4 is 4.72 Å². The largest absolute Gasteiger partial charge is 0.297 e. The van der Waals surface area contributed by atoms with E-state index in [1.165, 1.54) is 6.07 Å². The van der Waals surface area contributed by atoms with Gasteiger partial charge in [0.2, 0.25) is 10.0 Å². The Kier molecular flexibility index (Phi) is 5.45. The van der Waals surface area contributed by atoms with Crippen LogP contribution in [0.1, 0.15) is 29.8 Å². The molecule has 0 spiro atoms. The molecule has 0 radical (unpaired) electrons. The summed E-state index contributed by atoms with van der Waals surface area (Å²) in [4.78, 5) is 2.35. The number of hydrogen-bond acceptors (Lipinski definition) is 4. The molecule has 0 unspecified atom stereocenters. The molecule has 2 aromatic rings. The Hall–Kier alpha value is -1.77. The van der Waals surface area contributed by atoms with Crippen LogP contribution in [0, 0.1) is 19.7 Å². The van der Waals surface area contributed by atoms with Gasteiger partial charge < -0.3 is 0 Å². The highest BCUT2D eigenvalue weighted by Gasteiger charge is 2.29. The molecule has 2 heterocycles. The van der Waals surface area contributed by atoms with Crippen LogP contribution in [0.5, 0.6) is 0 Å². The van der Waals surface area contributed by atoms with E-state index < -0.39 is 10.0 Å². The smallest absolute Gasteiger partial charge is 0.244 e. The van der Waals surface area contributed by atoms with Crippen LogP contribution in [-0.4, -0.2) is 42.2 Å². The number of aromatic nitrogens is 2. The van der Waals surface area contributed by atoms with Crippen LogP contribution >= 0.6 is 0 Å². The second kappa shape index (κ2) is 7.46. The van der Waals surface area contributed by atoms with E-state index in [4.69, 9.17) is 0 Å². The summed E-state index contributed by atoms with van der Waals surface area (Å²) >= 11 is 0. The Labute approximate surface area is 154 Å². The maximum atomic E-state index is 13.9. The van der Waals surface area contributed by atoms with Crippen molar-refractivity contribution in [3.05, 3.63) is 47.0 Å². The summed E-state index contributed by atoms with van der Waals surface area (Å²) in [5.41, 5.74) is 1.75. The number of sulfonamides is 1. The van der Waals surface area contributed by atoms with Crippen molar-refractivity contribution in [2.45, 2.75) is 44.2 Å². The van der Waals surface area contributed by atoms with E-state index in [2.05, 4.69) is 14.7 Å². The van der Waals surface area contributed by atoms with Gasteiger partial charge in [-0.3, -0.25) is 9.58 Å². The second-order valence-corrected chi connectivity index (χ2v) is 8.56. The first kappa shape index (κ1) is 19.0. The van der Waals surface area contributed by atoms with Crippen molar-refractivity contribution >= 4 is 10.0 Å². The van der Waals surface area contributed by atoms with Gasteiger partial charge in [0, 0.05) is 31.7 Å². The Morgan fingerprint density at radius 1 is 1.31 bits per heavy atom. The highest BCUT2D eigenvalue weighted by molar-refractivity contribution is 7.89. The monoisotopic (exact) mass is 380 g/mol. The molecule has 142 valence electrons. The molecule has 6 nitrogen and oxygen atoms in total. The molecule has 1 aliphatic heterocycles. The van der Waals surface area contributed by atoms with E-state index in [0.717, 1.165) is 19.4 Å². The minimum Gasteiger partial charge on any atom is -0.297 e. The summed E-state index contributed by atoms with van der Waals surface area (Å²) < 4.78 is 43.9. The highest BCUT2D eigenvalue weighted by Crippen LogP contribution is 2.21. The number of piperidine rings is 1. The van der Waals surface area contributed by atoms with E-state index in [1.807, 2.05) is 6.07 Å². The predicted molar refractivity (Wildman–Crippen MR) is 97.7 cm³/mol. The summed E-state index contributed by atoms with van der Waals surface area (Å²) in [6, 6.07) is 6.51. The minimum absolute atomic E-state index is 0.195. The molecular weight excluding hydrogens is 355 g/mol. The van der Waals surface area contributed by atoms with Gasteiger partial charge in [-0.1, -0.05) is 18.2 Å². The lowest BCUT2D eigenvalue weighted by atomic mass is 10.1. The number of aryl methyl sites for hydroxylation is 2. The minimum atomic E-state index is -3.64. The number of likely N-dealkylation sites (tertiary alicyclic amines) is 1. The average Bonchev–Trinajstić information content (AvgIpc) is 2.82. The number of rotatable bonds is 5. The quantitative estimate of drug-likeness (QED) is 0.863. The summed E-state index contributed by atoms with van der Waals surface area (Å²) in [6.07, 6.45) is 1.64. The van der Waals surface area contributed by atoms with Crippen molar-refractivity contribution in [3.63, 3.8) is 0 Å². The summed E-state index contributed by atoms with van der Waals surface area (Å²) in [7, 11) is -1.90. The number of benzene rings is 1. The first-order valence-electron chi connectivity index (χ1n) is 8.76. The van der Waals surface area contributed by atoms with Gasteiger partial charge in [0.05, 0.1) is 11.4 Å². The van der Waals surface area contributed by atoms with E-state index in [0.29, 0.717) is 30.0 Å². The fourth-order valence-electron chi connectivity index (χ4n) is 3.58. The zero-order valence-electron chi connectivity index (χ0n) is 15.4. The van der Waals surface area contributed by atoms with Gasteiger partial charge >= 0.3 is 0 Å². The molecule has 0 aliphatic carbocycles. The molecular formula is C18H25FN4O2S. The van der Waals surface area contributed by atoms with Gasteiger partial charge in [-0.15, -0.1) is 0 Å². The van der Waals surface area contributed by atoms with Crippen molar-refractivity contribution in [1.29, 1.82) is 0 Å². The first-order chi connectivity index (χ1) is 12.3. The molecule has 8 heteroatoms. The molecule has 0 saturated carbocycles. The molecule has 0 amide bonds. The van der Waals surface area contributed by atoms with Crippen LogP contribution in [-0.2, 0) is 23.6 Å². The van der Waals surface area contributed by atoms with Gasteiger partial charge in [0.25, 0.3) is 0 Å². The Morgan fingerprint density at radius 2 is 2.04 bits per heavy atom. The lowest BCUT2D eigenvalue weighted by Crippen LogP contribution is -2.47. The lowest BCUT2D eigenvalue weighted by molar-refractivity contribution is 0.192. The second-order valence-electron chi connectivity index (χ2n) is 6.91. The van der Waals surface area contributed by atoms with Crippen LogP contribution in [0.2, 0.25) is 0 Å². The SMILES string of the molecule is Cc1nn(C)c(C)c1S(=O)(=O)N[C@@H]1CCCN(Cc2ccccc2F)C1. The maximum absolute atomic E-state index is 13.9. The third-order valence-corrected chi connectivity index (χ3v) is 6.66. The van der Waals surface area contributed by atoms with Crippen molar-refractivity contribution < 1.29 is 12.8 Å². The van der Waals surface area contributed by atoms with Crippen molar-refractivity contribution in [2.75, 3.05) is 13.1 Å². The zero-order chi connectivity index (χ0) is 18.9. The topological polar surface area (TPSA) is 67.2 Å². The van der Waals surface area contributed by atoms with E-state index in [1.54, 1.807) is 37.7 Å². The highest BCUT2D eigenvalue weighted by atomic mass is 32.2. The molecule has 0 bridgehead atoms. The molecule has 1 aromatic heterocycles. The molecule has 26 heavy (non-hydrogen) atoms. The van der Waals surface area contributed by atoms with E-state index >= 15 is 0 Å². The normalized spacial score (nSPS) is 19.0.